The molecule has 0 spiro atoms. The van der Waals surface area contributed by atoms with E-state index in [4.69, 9.17) is 0 Å². The van der Waals surface area contributed by atoms with Gasteiger partial charge in [-0.05, 0) is 44.4 Å². The van der Waals surface area contributed by atoms with Gasteiger partial charge in [-0.2, -0.15) is 0 Å². The minimum Gasteiger partial charge on any atom is -0.356 e. The summed E-state index contributed by atoms with van der Waals surface area (Å²) in [7, 11) is 0. The number of hydrogen-bond acceptors (Lipinski definition) is 3. The van der Waals surface area contributed by atoms with Gasteiger partial charge >= 0.3 is 0 Å². The molecule has 1 aromatic carbocycles. The molecule has 3 nitrogen and oxygen atoms in total. The molecule has 1 aromatic heterocycles. The molecule has 0 aliphatic carbocycles. The molecule has 0 radical (unpaired) electrons. The fourth-order valence-electron chi connectivity index (χ4n) is 1.72. The zero-order valence-electron chi connectivity index (χ0n) is 10.4. The van der Waals surface area contributed by atoms with Gasteiger partial charge in [-0.1, -0.05) is 0 Å². The summed E-state index contributed by atoms with van der Waals surface area (Å²) in [5.74, 6) is 0.905. The summed E-state index contributed by atoms with van der Waals surface area (Å²) >= 11 is 1.75. The maximum atomic E-state index is 4.47. The second-order valence-electron chi connectivity index (χ2n) is 3.80. The Hall–Kier alpha value is -1.42. The first-order valence-electron chi connectivity index (χ1n) is 5.69. The third kappa shape index (κ3) is 2.64. The van der Waals surface area contributed by atoms with Crippen molar-refractivity contribution in [2.45, 2.75) is 18.7 Å². The molecule has 1 heterocycles. The zero-order valence-corrected chi connectivity index (χ0v) is 11.2. The van der Waals surface area contributed by atoms with Crippen LogP contribution < -0.4 is 5.32 Å². The van der Waals surface area contributed by atoms with Crippen molar-refractivity contribution in [3.8, 4) is 5.69 Å². The number of nitrogens with one attached hydrogen (secondary N) is 1. The fraction of sp³-hybridized carbons (Fsp3) is 0.308. The number of aromatic nitrogens is 2. The summed E-state index contributed by atoms with van der Waals surface area (Å²) in [6.45, 7) is 4.96. The second-order valence-corrected chi connectivity index (χ2v) is 4.68. The number of hydrogen-bond donors (Lipinski definition) is 1. The van der Waals surface area contributed by atoms with Gasteiger partial charge in [0.1, 0.15) is 0 Å². The van der Waals surface area contributed by atoms with Gasteiger partial charge in [-0.3, -0.25) is 4.57 Å². The Morgan fingerprint density at radius 2 is 2.00 bits per heavy atom. The van der Waals surface area contributed by atoms with Crippen LogP contribution in [0.25, 0.3) is 5.69 Å². The maximum Gasteiger partial charge on any atom is 0.207 e. The van der Waals surface area contributed by atoms with Crippen molar-refractivity contribution in [2.75, 3.05) is 18.1 Å². The Balaban J connectivity index is 2.37. The highest BCUT2D eigenvalue weighted by molar-refractivity contribution is 7.98. The number of imidazole rings is 1. The molecule has 2 rings (SSSR count). The number of benzene rings is 1. The Labute approximate surface area is 106 Å². The molecule has 0 saturated heterocycles. The lowest BCUT2D eigenvalue weighted by Gasteiger charge is -2.08. The predicted molar refractivity (Wildman–Crippen MR) is 74.2 cm³/mol. The average molecular weight is 247 g/mol. The van der Waals surface area contributed by atoms with Gasteiger partial charge in [-0.15, -0.1) is 11.8 Å². The number of rotatable bonds is 4. The van der Waals surface area contributed by atoms with Crippen LogP contribution in [0.5, 0.6) is 0 Å². The van der Waals surface area contributed by atoms with Crippen molar-refractivity contribution in [1.29, 1.82) is 0 Å². The lowest BCUT2D eigenvalue weighted by Crippen LogP contribution is -2.04. The molecule has 0 bridgehead atoms. The standard InChI is InChI=1S/C13H17N3S/c1-4-14-13-15-10(2)9-16(13)11-5-7-12(17-3)8-6-11/h5-9H,4H2,1-3H3,(H,14,15). The highest BCUT2D eigenvalue weighted by Crippen LogP contribution is 2.20. The van der Waals surface area contributed by atoms with Gasteiger partial charge in [-0.25, -0.2) is 4.98 Å². The van der Waals surface area contributed by atoms with E-state index in [-0.39, 0.29) is 0 Å². The molecule has 0 amide bonds. The molecule has 0 aliphatic rings. The Kier molecular flexibility index (Phi) is 3.74. The summed E-state index contributed by atoms with van der Waals surface area (Å²) in [5.41, 5.74) is 2.16. The normalized spacial score (nSPS) is 10.5. The second kappa shape index (κ2) is 5.27. The quantitative estimate of drug-likeness (QED) is 0.840. The third-order valence-electron chi connectivity index (χ3n) is 2.51. The molecule has 0 fully saturated rings. The van der Waals surface area contributed by atoms with E-state index in [2.05, 4.69) is 52.3 Å². The lowest BCUT2D eigenvalue weighted by molar-refractivity contribution is 1.02. The number of aryl methyl sites for hydroxylation is 1. The SMILES string of the molecule is CCNc1nc(C)cn1-c1ccc(SC)cc1. The average Bonchev–Trinajstić information content (AvgIpc) is 2.71. The highest BCUT2D eigenvalue weighted by atomic mass is 32.2. The highest BCUT2D eigenvalue weighted by Gasteiger charge is 2.06. The summed E-state index contributed by atoms with van der Waals surface area (Å²) < 4.78 is 2.09. The van der Waals surface area contributed by atoms with Crippen LogP contribution in [0.3, 0.4) is 0 Å². The van der Waals surface area contributed by atoms with Crippen LogP contribution in [-0.2, 0) is 0 Å². The molecular formula is C13H17N3S. The van der Waals surface area contributed by atoms with Gasteiger partial charge in [0.15, 0.2) is 0 Å². The first-order chi connectivity index (χ1) is 8.24. The van der Waals surface area contributed by atoms with Crippen LogP contribution >= 0.6 is 11.8 Å². The molecule has 2 aromatic rings. The minimum absolute atomic E-state index is 0.874. The number of thioether (sulfide) groups is 1. The van der Waals surface area contributed by atoms with Crippen molar-refractivity contribution >= 4 is 17.7 Å². The van der Waals surface area contributed by atoms with Crippen LogP contribution in [0.4, 0.5) is 5.95 Å². The lowest BCUT2D eigenvalue weighted by atomic mass is 10.3. The molecule has 0 saturated carbocycles. The molecule has 0 aliphatic heterocycles. The van der Waals surface area contributed by atoms with Crippen molar-refractivity contribution in [3.05, 3.63) is 36.2 Å². The summed E-state index contributed by atoms with van der Waals surface area (Å²) in [4.78, 5) is 5.74. The van der Waals surface area contributed by atoms with Crippen molar-refractivity contribution in [2.24, 2.45) is 0 Å². The Morgan fingerprint density at radius 1 is 1.29 bits per heavy atom. The van der Waals surface area contributed by atoms with Gasteiger partial charge in [0.2, 0.25) is 5.95 Å². The molecule has 1 N–H and O–H groups in total. The van der Waals surface area contributed by atoms with E-state index in [1.807, 2.05) is 13.1 Å². The van der Waals surface area contributed by atoms with Crippen molar-refractivity contribution in [3.63, 3.8) is 0 Å². The Morgan fingerprint density at radius 3 is 2.59 bits per heavy atom. The van der Waals surface area contributed by atoms with Crippen LogP contribution in [0.1, 0.15) is 12.6 Å². The molecule has 90 valence electrons. The van der Waals surface area contributed by atoms with Crippen LogP contribution in [0, 0.1) is 6.92 Å². The summed E-state index contributed by atoms with van der Waals surface area (Å²) in [6, 6.07) is 8.50. The van der Waals surface area contributed by atoms with Gasteiger partial charge in [0.25, 0.3) is 0 Å². The van der Waals surface area contributed by atoms with Gasteiger partial charge in [0, 0.05) is 23.3 Å². The Bertz CT molecular complexity index is 488. The molecular weight excluding hydrogens is 230 g/mol. The molecule has 0 atom stereocenters. The monoisotopic (exact) mass is 247 g/mol. The number of nitrogens with zero attached hydrogens (tertiary/aromatic N) is 2. The van der Waals surface area contributed by atoms with E-state index >= 15 is 0 Å². The molecule has 4 heteroatoms. The topological polar surface area (TPSA) is 29.9 Å². The van der Waals surface area contributed by atoms with Crippen molar-refractivity contribution < 1.29 is 0 Å². The summed E-state index contributed by atoms with van der Waals surface area (Å²) in [6.07, 6.45) is 4.13. The van der Waals surface area contributed by atoms with Crippen molar-refractivity contribution in [1.82, 2.24) is 9.55 Å². The minimum atomic E-state index is 0.874. The first-order valence-corrected chi connectivity index (χ1v) is 6.91. The van der Waals surface area contributed by atoms with Crippen LogP contribution in [0.2, 0.25) is 0 Å². The third-order valence-corrected chi connectivity index (χ3v) is 3.26. The number of anilines is 1. The fourth-order valence-corrected chi connectivity index (χ4v) is 2.13. The van der Waals surface area contributed by atoms with E-state index in [0.29, 0.717) is 0 Å². The first kappa shape index (κ1) is 12.0. The van der Waals surface area contributed by atoms with Gasteiger partial charge < -0.3 is 5.32 Å². The van der Waals surface area contributed by atoms with Crippen LogP contribution in [-0.4, -0.2) is 22.4 Å². The molecule has 17 heavy (non-hydrogen) atoms. The largest absolute Gasteiger partial charge is 0.356 e. The van der Waals surface area contributed by atoms with Crippen LogP contribution in [0.15, 0.2) is 35.4 Å². The predicted octanol–water partition coefficient (Wildman–Crippen LogP) is 3.33. The summed E-state index contributed by atoms with van der Waals surface area (Å²) in [5, 5.41) is 3.27. The van der Waals surface area contributed by atoms with E-state index in [1.165, 1.54) is 4.90 Å². The molecule has 0 unspecified atom stereocenters. The van der Waals surface area contributed by atoms with E-state index in [0.717, 1.165) is 23.9 Å². The smallest absolute Gasteiger partial charge is 0.207 e. The van der Waals surface area contributed by atoms with E-state index in [9.17, 15) is 0 Å². The maximum absolute atomic E-state index is 4.47. The zero-order chi connectivity index (χ0) is 12.3. The van der Waals surface area contributed by atoms with E-state index in [1.54, 1.807) is 11.8 Å². The van der Waals surface area contributed by atoms with Gasteiger partial charge in [0.05, 0.1) is 5.69 Å². The van der Waals surface area contributed by atoms with E-state index < -0.39 is 0 Å².